The first-order valence-electron chi connectivity index (χ1n) is 11.8. The number of benzene rings is 3. The van der Waals surface area contributed by atoms with E-state index in [4.69, 9.17) is 25.8 Å². The molecule has 188 valence electrons. The van der Waals surface area contributed by atoms with Gasteiger partial charge < -0.3 is 19.5 Å². The van der Waals surface area contributed by atoms with Crippen molar-refractivity contribution in [1.29, 1.82) is 0 Å². The summed E-state index contributed by atoms with van der Waals surface area (Å²) >= 11 is 5.99. The van der Waals surface area contributed by atoms with Crippen LogP contribution in [0.5, 0.6) is 11.5 Å². The second kappa shape index (κ2) is 10.8. The highest BCUT2D eigenvalue weighted by molar-refractivity contribution is 6.30. The maximum absolute atomic E-state index is 13.4. The first-order valence-corrected chi connectivity index (χ1v) is 12.1. The van der Waals surface area contributed by atoms with Crippen LogP contribution in [0.2, 0.25) is 5.02 Å². The van der Waals surface area contributed by atoms with Crippen LogP contribution in [0, 0.1) is 0 Å². The molecule has 4 aromatic rings. The highest BCUT2D eigenvalue weighted by Gasteiger charge is 2.36. The monoisotopic (exact) mass is 516 g/mol. The molecular weight excluding hydrogens is 492 g/mol. The topological polar surface area (TPSA) is 87.5 Å². The first-order chi connectivity index (χ1) is 18.1. The van der Waals surface area contributed by atoms with E-state index in [0.29, 0.717) is 40.3 Å². The number of anilines is 1. The molecule has 0 saturated carbocycles. The molecule has 8 nitrogen and oxygen atoms in total. The number of rotatable bonds is 8. The van der Waals surface area contributed by atoms with Crippen LogP contribution in [0.1, 0.15) is 29.7 Å². The summed E-state index contributed by atoms with van der Waals surface area (Å²) in [5.74, 6) is 1.16. The third-order valence-corrected chi connectivity index (χ3v) is 6.22. The van der Waals surface area contributed by atoms with Gasteiger partial charge in [-0.3, -0.25) is 0 Å². The van der Waals surface area contributed by atoms with E-state index in [2.05, 4.69) is 15.4 Å². The molecule has 1 N–H and O–H groups in total. The van der Waals surface area contributed by atoms with Crippen molar-refractivity contribution in [1.82, 2.24) is 14.8 Å². The summed E-state index contributed by atoms with van der Waals surface area (Å²) in [7, 11) is 1.58. The fourth-order valence-corrected chi connectivity index (χ4v) is 4.37. The van der Waals surface area contributed by atoms with E-state index in [1.165, 1.54) is 6.33 Å². The molecule has 0 fully saturated rings. The van der Waals surface area contributed by atoms with Crippen molar-refractivity contribution < 1.29 is 19.0 Å². The number of ether oxygens (including phenoxy) is 3. The summed E-state index contributed by atoms with van der Waals surface area (Å²) in [5, 5.41) is 8.35. The molecule has 2 heterocycles. The maximum Gasteiger partial charge on any atom is 0.338 e. The summed E-state index contributed by atoms with van der Waals surface area (Å²) in [6.07, 6.45) is 1.45. The lowest BCUT2D eigenvalue weighted by Gasteiger charge is -2.30. The third-order valence-electron chi connectivity index (χ3n) is 5.97. The Labute approximate surface area is 219 Å². The fourth-order valence-electron chi connectivity index (χ4n) is 4.24. The molecule has 5 rings (SSSR count). The molecule has 1 atom stereocenters. The number of nitrogens with zero attached hydrogens (tertiary/aromatic N) is 3. The van der Waals surface area contributed by atoms with Crippen molar-refractivity contribution in [3.63, 3.8) is 0 Å². The zero-order valence-electron chi connectivity index (χ0n) is 20.3. The largest absolute Gasteiger partial charge is 0.493 e. The van der Waals surface area contributed by atoms with Crippen LogP contribution in [-0.4, -0.2) is 34.5 Å². The number of methoxy groups -OCH3 is 1. The Kier molecular flexibility index (Phi) is 7.09. The minimum atomic E-state index is -0.604. The van der Waals surface area contributed by atoms with Crippen LogP contribution in [0.25, 0.3) is 5.70 Å². The van der Waals surface area contributed by atoms with E-state index in [0.717, 1.165) is 16.7 Å². The SMILES string of the molecule is CCOC(=O)C1=C(c2ccccc2)Nc2ncnn2[C@H]1c1ccc(OCc2ccc(Cl)cc2)c(OC)c1. The standard InChI is InChI=1S/C28H25ClN4O4/c1-3-36-27(34)24-25(19-7-5-4-6-8-19)32-28-30-17-31-33(28)26(24)20-11-14-22(23(15-20)35-2)37-16-18-9-12-21(29)13-10-18/h4-15,17,26H,3,16H2,1-2H3,(H,30,31,32)/t26-/m0/s1. The predicted octanol–water partition coefficient (Wildman–Crippen LogP) is 5.51. The molecular formula is C28H25ClN4O4. The van der Waals surface area contributed by atoms with Crippen molar-refractivity contribution in [3.8, 4) is 11.5 Å². The van der Waals surface area contributed by atoms with Crippen LogP contribution in [0.15, 0.2) is 84.7 Å². The van der Waals surface area contributed by atoms with Gasteiger partial charge in [-0.25, -0.2) is 9.48 Å². The van der Waals surface area contributed by atoms with Gasteiger partial charge in [-0.05, 0) is 47.9 Å². The van der Waals surface area contributed by atoms with Gasteiger partial charge in [-0.1, -0.05) is 60.1 Å². The fraction of sp³-hybridized carbons (Fsp3) is 0.179. The summed E-state index contributed by atoms with van der Waals surface area (Å²) in [6.45, 7) is 2.37. The average Bonchev–Trinajstić information content (AvgIpc) is 3.41. The number of hydrogen-bond donors (Lipinski definition) is 1. The van der Waals surface area contributed by atoms with Crippen LogP contribution in [0.4, 0.5) is 5.95 Å². The quantitative estimate of drug-likeness (QED) is 0.309. The molecule has 3 aromatic carbocycles. The molecule has 0 aliphatic carbocycles. The number of nitrogens with one attached hydrogen (secondary N) is 1. The van der Waals surface area contributed by atoms with Crippen LogP contribution in [-0.2, 0) is 16.1 Å². The molecule has 0 spiro atoms. The van der Waals surface area contributed by atoms with Gasteiger partial charge in [-0.2, -0.15) is 10.1 Å². The van der Waals surface area contributed by atoms with E-state index in [1.54, 1.807) is 18.7 Å². The number of hydrogen-bond acceptors (Lipinski definition) is 7. The normalized spacial score (nSPS) is 14.5. The second-order valence-corrected chi connectivity index (χ2v) is 8.69. The number of halogens is 1. The second-order valence-electron chi connectivity index (χ2n) is 8.26. The van der Waals surface area contributed by atoms with E-state index in [9.17, 15) is 4.79 Å². The summed E-state index contributed by atoms with van der Waals surface area (Å²) < 4.78 is 18.9. The molecule has 1 aliphatic heterocycles. The Morgan fingerprint density at radius 1 is 1.05 bits per heavy atom. The van der Waals surface area contributed by atoms with Crippen molar-refractivity contribution in [3.05, 3.63) is 106 Å². The lowest BCUT2D eigenvalue weighted by molar-refractivity contribution is -0.138. The van der Waals surface area contributed by atoms with Gasteiger partial charge in [0.2, 0.25) is 5.95 Å². The number of fused-ring (bicyclic) bond motifs is 1. The summed E-state index contributed by atoms with van der Waals surface area (Å²) in [6, 6.07) is 22.0. The summed E-state index contributed by atoms with van der Waals surface area (Å²) in [4.78, 5) is 17.7. The molecule has 0 bridgehead atoms. The van der Waals surface area contributed by atoms with E-state index < -0.39 is 12.0 Å². The minimum Gasteiger partial charge on any atom is -0.493 e. The first kappa shape index (κ1) is 24.4. The molecule has 0 saturated heterocycles. The molecule has 0 radical (unpaired) electrons. The van der Waals surface area contributed by atoms with Crippen molar-refractivity contribution in [2.45, 2.75) is 19.6 Å². The third kappa shape index (κ3) is 5.01. The number of carbonyl (C=O) groups is 1. The highest BCUT2D eigenvalue weighted by Crippen LogP contribution is 2.41. The minimum absolute atomic E-state index is 0.238. The molecule has 0 unspecified atom stereocenters. The average molecular weight is 517 g/mol. The van der Waals surface area contributed by atoms with Gasteiger partial charge in [0.1, 0.15) is 19.0 Å². The Hall–Kier alpha value is -4.30. The zero-order chi connectivity index (χ0) is 25.8. The van der Waals surface area contributed by atoms with Crippen molar-refractivity contribution >= 4 is 29.2 Å². The van der Waals surface area contributed by atoms with E-state index in [-0.39, 0.29) is 6.61 Å². The smallest absolute Gasteiger partial charge is 0.338 e. The number of aromatic nitrogens is 3. The molecule has 1 aromatic heterocycles. The van der Waals surface area contributed by atoms with Gasteiger partial charge in [0, 0.05) is 5.02 Å². The van der Waals surface area contributed by atoms with Crippen LogP contribution < -0.4 is 14.8 Å². The van der Waals surface area contributed by atoms with Crippen LogP contribution in [0.3, 0.4) is 0 Å². The van der Waals surface area contributed by atoms with Crippen molar-refractivity contribution in [2.75, 3.05) is 19.0 Å². The Morgan fingerprint density at radius 3 is 2.57 bits per heavy atom. The zero-order valence-corrected chi connectivity index (χ0v) is 21.1. The Morgan fingerprint density at radius 2 is 1.84 bits per heavy atom. The van der Waals surface area contributed by atoms with Gasteiger partial charge in [0.15, 0.2) is 11.5 Å². The van der Waals surface area contributed by atoms with E-state index in [1.807, 2.05) is 72.8 Å². The number of esters is 1. The molecule has 1 aliphatic rings. The Balaban J connectivity index is 1.56. The van der Waals surface area contributed by atoms with Gasteiger partial charge in [0.25, 0.3) is 0 Å². The Bertz CT molecular complexity index is 1430. The van der Waals surface area contributed by atoms with Gasteiger partial charge in [-0.15, -0.1) is 0 Å². The molecule has 0 amide bonds. The predicted molar refractivity (Wildman–Crippen MR) is 141 cm³/mol. The lowest BCUT2D eigenvalue weighted by atomic mass is 9.92. The maximum atomic E-state index is 13.4. The summed E-state index contributed by atoms with van der Waals surface area (Å²) in [5.41, 5.74) is 3.61. The van der Waals surface area contributed by atoms with E-state index >= 15 is 0 Å². The van der Waals surface area contributed by atoms with Gasteiger partial charge in [0.05, 0.1) is 25.0 Å². The van der Waals surface area contributed by atoms with Gasteiger partial charge >= 0.3 is 5.97 Å². The van der Waals surface area contributed by atoms with Crippen molar-refractivity contribution in [2.24, 2.45) is 0 Å². The molecule has 9 heteroatoms. The number of carbonyl (C=O) groups excluding carboxylic acids is 1. The molecule has 37 heavy (non-hydrogen) atoms. The highest BCUT2D eigenvalue weighted by atomic mass is 35.5. The lowest BCUT2D eigenvalue weighted by Crippen LogP contribution is -2.30. The van der Waals surface area contributed by atoms with Crippen LogP contribution >= 0.6 is 11.6 Å².